The van der Waals surface area contributed by atoms with Crippen LogP contribution in [0.3, 0.4) is 0 Å². The molecule has 33 heavy (non-hydrogen) atoms. The van der Waals surface area contributed by atoms with Crippen LogP contribution in [-0.4, -0.2) is 42.3 Å². The fourth-order valence-corrected chi connectivity index (χ4v) is 4.18. The summed E-state index contributed by atoms with van der Waals surface area (Å²) in [5, 5.41) is 14.4. The van der Waals surface area contributed by atoms with Gasteiger partial charge in [-0.15, -0.1) is 0 Å². The van der Waals surface area contributed by atoms with Crippen molar-refractivity contribution in [2.45, 2.75) is 45.6 Å². The second-order valence-corrected chi connectivity index (χ2v) is 9.03. The summed E-state index contributed by atoms with van der Waals surface area (Å²) in [4.78, 5) is 35.7. The van der Waals surface area contributed by atoms with Gasteiger partial charge in [-0.25, -0.2) is 4.79 Å². The van der Waals surface area contributed by atoms with E-state index in [1.165, 1.54) is 0 Å². The first kappa shape index (κ1) is 24.3. The molecule has 1 aliphatic rings. The molecule has 0 fully saturated rings. The number of ether oxygens (including phenoxy) is 1. The van der Waals surface area contributed by atoms with E-state index in [1.54, 1.807) is 6.92 Å². The molecule has 2 aromatic carbocycles. The van der Waals surface area contributed by atoms with E-state index in [2.05, 4.69) is 34.9 Å². The maximum Gasteiger partial charge on any atom is 0.407 e. The van der Waals surface area contributed by atoms with Gasteiger partial charge in [0, 0.05) is 31.3 Å². The Kier molecular flexibility index (Phi) is 8.09. The van der Waals surface area contributed by atoms with Crippen LogP contribution in [0.1, 0.15) is 50.7 Å². The van der Waals surface area contributed by atoms with Gasteiger partial charge in [0.25, 0.3) is 0 Å². The molecule has 0 aromatic heterocycles. The predicted octanol–water partition coefficient (Wildman–Crippen LogP) is 4.17. The molecular weight excluding hydrogens is 420 g/mol. The van der Waals surface area contributed by atoms with Gasteiger partial charge in [-0.3, -0.25) is 9.59 Å². The van der Waals surface area contributed by atoms with E-state index in [9.17, 15) is 14.4 Å². The van der Waals surface area contributed by atoms with Crippen molar-refractivity contribution in [1.29, 1.82) is 0 Å². The molecule has 0 spiro atoms. The lowest BCUT2D eigenvalue weighted by molar-refractivity contribution is -0.138. The smallest absolute Gasteiger partial charge is 0.407 e. The third-order valence-corrected chi connectivity index (χ3v) is 6.03. The molecule has 2 aromatic rings. The molecule has 0 saturated heterocycles. The van der Waals surface area contributed by atoms with E-state index in [4.69, 9.17) is 9.84 Å². The Morgan fingerprint density at radius 3 is 2.06 bits per heavy atom. The van der Waals surface area contributed by atoms with Gasteiger partial charge >= 0.3 is 12.1 Å². The second kappa shape index (κ2) is 11.0. The lowest BCUT2D eigenvalue weighted by atomic mass is 9.98. The number of carboxylic acid groups (broad SMARTS) is 1. The Hall–Kier alpha value is -3.35. The molecule has 2 amide bonds. The number of rotatable bonds is 10. The minimum atomic E-state index is -0.895. The zero-order valence-electron chi connectivity index (χ0n) is 19.3. The molecule has 176 valence electrons. The highest BCUT2D eigenvalue weighted by molar-refractivity contribution is 5.79. The minimum absolute atomic E-state index is 0.00805. The van der Waals surface area contributed by atoms with Crippen LogP contribution in [0.15, 0.2) is 48.5 Å². The molecule has 1 unspecified atom stereocenters. The Bertz CT molecular complexity index is 958. The van der Waals surface area contributed by atoms with Gasteiger partial charge in [-0.1, -0.05) is 69.3 Å². The molecule has 1 aliphatic carbocycles. The first-order chi connectivity index (χ1) is 15.8. The molecule has 0 saturated carbocycles. The number of alkyl carbamates (subject to hydrolysis) is 1. The highest BCUT2D eigenvalue weighted by Crippen LogP contribution is 2.44. The zero-order chi connectivity index (χ0) is 24.0. The van der Waals surface area contributed by atoms with Crippen molar-refractivity contribution in [3.8, 4) is 11.1 Å². The number of carbonyl (C=O) groups excluding carboxylic acids is 2. The van der Waals surface area contributed by atoms with Gasteiger partial charge in [0.15, 0.2) is 0 Å². The molecule has 2 atom stereocenters. The van der Waals surface area contributed by atoms with Gasteiger partial charge in [-0.05, 0) is 34.1 Å². The summed E-state index contributed by atoms with van der Waals surface area (Å²) in [5.41, 5.74) is 4.61. The summed E-state index contributed by atoms with van der Waals surface area (Å²) >= 11 is 0. The molecule has 0 radical (unpaired) electrons. The number of carboxylic acids is 1. The minimum Gasteiger partial charge on any atom is -0.481 e. The fourth-order valence-electron chi connectivity index (χ4n) is 4.18. The van der Waals surface area contributed by atoms with E-state index < -0.39 is 18.1 Å². The van der Waals surface area contributed by atoms with Gasteiger partial charge in [0.05, 0.1) is 0 Å². The summed E-state index contributed by atoms with van der Waals surface area (Å²) in [5.74, 6) is -1.30. The lowest BCUT2D eigenvalue weighted by Gasteiger charge is -2.23. The number of benzene rings is 2. The highest BCUT2D eigenvalue weighted by Gasteiger charge is 2.29. The SMILES string of the molecule is CC(CNC(=O)C[C@@H](NC(=O)OCC1c2ccccc2-c2ccccc21)C(C)C)CC(=O)O. The number of aliphatic carboxylic acids is 1. The zero-order valence-corrected chi connectivity index (χ0v) is 19.3. The van der Waals surface area contributed by atoms with Crippen LogP contribution in [0, 0.1) is 11.8 Å². The average molecular weight is 453 g/mol. The third kappa shape index (κ3) is 6.34. The van der Waals surface area contributed by atoms with E-state index in [0.29, 0.717) is 0 Å². The summed E-state index contributed by atoms with van der Waals surface area (Å²) < 4.78 is 5.60. The van der Waals surface area contributed by atoms with Crippen molar-refractivity contribution < 1.29 is 24.2 Å². The van der Waals surface area contributed by atoms with Gasteiger partial charge in [-0.2, -0.15) is 0 Å². The Balaban J connectivity index is 1.54. The summed E-state index contributed by atoms with van der Waals surface area (Å²) in [6, 6.07) is 15.9. The molecule has 7 heteroatoms. The average Bonchev–Trinajstić information content (AvgIpc) is 3.09. The maximum atomic E-state index is 12.6. The first-order valence-corrected chi connectivity index (χ1v) is 11.4. The number of hydrogen-bond acceptors (Lipinski definition) is 4. The molecule has 0 heterocycles. The Morgan fingerprint density at radius 2 is 1.52 bits per heavy atom. The Labute approximate surface area is 194 Å². The quantitative estimate of drug-likeness (QED) is 0.502. The lowest BCUT2D eigenvalue weighted by Crippen LogP contribution is -2.43. The van der Waals surface area contributed by atoms with Crippen molar-refractivity contribution in [2.75, 3.05) is 13.2 Å². The van der Waals surface area contributed by atoms with Gasteiger partial charge in [0.2, 0.25) is 5.91 Å². The van der Waals surface area contributed by atoms with Gasteiger partial charge in [0.1, 0.15) is 6.61 Å². The van der Waals surface area contributed by atoms with Crippen LogP contribution in [-0.2, 0) is 14.3 Å². The van der Waals surface area contributed by atoms with E-state index in [1.807, 2.05) is 38.1 Å². The summed E-state index contributed by atoms with van der Waals surface area (Å²) in [6.07, 6.45) is -0.462. The standard InChI is InChI=1S/C26H32N2O5/c1-16(2)23(13-24(29)27-14-17(3)12-25(30)31)28-26(32)33-15-22-20-10-6-4-8-18(20)19-9-5-7-11-21(19)22/h4-11,16-17,22-23H,12-15H2,1-3H3,(H,27,29)(H,28,32)(H,30,31)/t17?,23-/m1/s1. The largest absolute Gasteiger partial charge is 0.481 e. The van der Waals surface area contributed by atoms with Crippen molar-refractivity contribution >= 4 is 18.0 Å². The van der Waals surface area contributed by atoms with Crippen molar-refractivity contribution in [1.82, 2.24) is 10.6 Å². The van der Waals surface area contributed by atoms with Crippen LogP contribution < -0.4 is 10.6 Å². The maximum absolute atomic E-state index is 12.6. The highest BCUT2D eigenvalue weighted by atomic mass is 16.5. The molecular formula is C26H32N2O5. The monoisotopic (exact) mass is 452 g/mol. The molecule has 3 N–H and O–H groups in total. The van der Waals surface area contributed by atoms with Crippen molar-refractivity contribution in [3.05, 3.63) is 59.7 Å². The van der Waals surface area contributed by atoms with E-state index >= 15 is 0 Å². The Morgan fingerprint density at radius 1 is 0.939 bits per heavy atom. The van der Waals surface area contributed by atoms with Crippen LogP contribution in [0.2, 0.25) is 0 Å². The molecule has 0 aliphatic heterocycles. The number of nitrogens with one attached hydrogen (secondary N) is 2. The number of fused-ring (bicyclic) bond motifs is 3. The summed E-state index contributed by atoms with van der Waals surface area (Å²) in [7, 11) is 0. The first-order valence-electron chi connectivity index (χ1n) is 11.4. The normalized spacial score (nSPS) is 14.2. The predicted molar refractivity (Wildman–Crippen MR) is 126 cm³/mol. The summed E-state index contributed by atoms with van der Waals surface area (Å²) in [6.45, 7) is 6.11. The fraction of sp³-hybridized carbons (Fsp3) is 0.423. The van der Waals surface area contributed by atoms with E-state index in [0.717, 1.165) is 22.3 Å². The number of hydrogen-bond donors (Lipinski definition) is 3. The van der Waals surface area contributed by atoms with E-state index in [-0.39, 0.29) is 49.7 Å². The van der Waals surface area contributed by atoms with Crippen LogP contribution in [0.4, 0.5) is 4.79 Å². The van der Waals surface area contributed by atoms with Gasteiger partial charge < -0.3 is 20.5 Å². The van der Waals surface area contributed by atoms with Crippen molar-refractivity contribution in [3.63, 3.8) is 0 Å². The van der Waals surface area contributed by atoms with Crippen LogP contribution in [0.5, 0.6) is 0 Å². The second-order valence-electron chi connectivity index (χ2n) is 9.03. The topological polar surface area (TPSA) is 105 Å². The molecule has 0 bridgehead atoms. The van der Waals surface area contributed by atoms with Crippen LogP contribution >= 0.6 is 0 Å². The van der Waals surface area contributed by atoms with Crippen molar-refractivity contribution in [2.24, 2.45) is 11.8 Å². The molecule has 7 nitrogen and oxygen atoms in total. The third-order valence-electron chi connectivity index (χ3n) is 6.03. The van der Waals surface area contributed by atoms with Crippen LogP contribution in [0.25, 0.3) is 11.1 Å². The molecule has 3 rings (SSSR count). The number of carbonyl (C=O) groups is 3. The number of amides is 2.